The Morgan fingerprint density at radius 3 is 2.07 bits per heavy atom. The number of aliphatic carboxylic acids is 1. The van der Waals surface area contributed by atoms with Crippen LogP contribution in [0, 0.1) is 5.41 Å². The highest BCUT2D eigenvalue weighted by Crippen LogP contribution is 2.35. The topological polar surface area (TPSA) is 125 Å². The molecule has 3 rings (SSSR count). The molecular formula is C31H33F3N2O7. The number of carboxylic acid groups (broad SMARTS) is 1. The molecule has 1 amide bonds. The van der Waals surface area contributed by atoms with Crippen molar-refractivity contribution in [1.29, 1.82) is 0 Å². The van der Waals surface area contributed by atoms with Gasteiger partial charge >= 0.3 is 18.1 Å². The summed E-state index contributed by atoms with van der Waals surface area (Å²) in [5.74, 6) is -1.92. The number of aliphatic hydroxyl groups excluding tert-OH is 1. The lowest BCUT2D eigenvalue weighted by molar-refractivity contribution is -0.143. The highest BCUT2D eigenvalue weighted by atomic mass is 19.4. The molecule has 0 aliphatic rings. The standard InChI is InChI=1S/C31H33F3N2O7/c1-30(2,3)29(41)43-23-12-5-19(6-13-23)17-36(18-27(38)39)28(40)20-7-10-22(11-8-20)35-26(37)15-21-9-14-24(42-4)16-25(21)31(32,33)34/h5-14,16,28,40H,15,17-18H2,1-4H3,(H,35,37)(H,38,39). The van der Waals surface area contributed by atoms with Crippen molar-refractivity contribution in [2.24, 2.45) is 5.41 Å². The van der Waals surface area contributed by atoms with Crippen molar-refractivity contribution in [3.63, 3.8) is 0 Å². The quantitative estimate of drug-likeness (QED) is 0.151. The van der Waals surface area contributed by atoms with Crippen LogP contribution in [-0.2, 0) is 33.5 Å². The molecule has 0 fully saturated rings. The van der Waals surface area contributed by atoms with Gasteiger partial charge in [0.05, 0.1) is 31.1 Å². The summed E-state index contributed by atoms with van der Waals surface area (Å²) in [4.78, 5) is 37.5. The lowest BCUT2D eigenvalue weighted by Gasteiger charge is -2.27. The Bertz CT molecular complexity index is 1430. The van der Waals surface area contributed by atoms with Crippen LogP contribution in [0.2, 0.25) is 0 Å². The summed E-state index contributed by atoms with van der Waals surface area (Å²) in [5.41, 5.74) is -0.636. The number of carboxylic acids is 1. The van der Waals surface area contributed by atoms with Gasteiger partial charge in [-0.25, -0.2) is 0 Å². The Hall–Kier alpha value is -4.42. The molecule has 0 spiro atoms. The summed E-state index contributed by atoms with van der Waals surface area (Å²) in [7, 11) is 1.25. The second kappa shape index (κ2) is 13.7. The van der Waals surface area contributed by atoms with E-state index in [-0.39, 0.29) is 23.5 Å². The molecule has 3 aromatic rings. The number of aliphatic hydroxyl groups is 1. The van der Waals surface area contributed by atoms with Crippen molar-refractivity contribution in [1.82, 2.24) is 4.90 Å². The number of carbonyl (C=O) groups excluding carboxylic acids is 2. The molecule has 230 valence electrons. The molecule has 9 nitrogen and oxygen atoms in total. The Morgan fingerprint density at radius 2 is 1.53 bits per heavy atom. The maximum absolute atomic E-state index is 13.5. The van der Waals surface area contributed by atoms with E-state index in [9.17, 15) is 37.8 Å². The summed E-state index contributed by atoms with van der Waals surface area (Å²) >= 11 is 0. The van der Waals surface area contributed by atoms with E-state index in [1.165, 1.54) is 48.4 Å². The fourth-order valence-corrected chi connectivity index (χ4v) is 3.99. The number of anilines is 1. The molecule has 0 aliphatic carbocycles. The summed E-state index contributed by atoms with van der Waals surface area (Å²) in [5, 5.41) is 22.9. The number of esters is 1. The lowest BCUT2D eigenvalue weighted by Crippen LogP contribution is -2.33. The van der Waals surface area contributed by atoms with Gasteiger partial charge in [-0.3, -0.25) is 19.3 Å². The molecule has 1 atom stereocenters. The Kier molecular flexibility index (Phi) is 10.5. The number of alkyl halides is 3. The SMILES string of the molecule is COc1ccc(CC(=O)Nc2ccc(C(O)N(CC(=O)O)Cc3ccc(OC(=O)C(C)(C)C)cc3)cc2)c(C(F)(F)F)c1. The second-order valence-corrected chi connectivity index (χ2v) is 10.8. The first-order chi connectivity index (χ1) is 20.1. The van der Waals surface area contributed by atoms with E-state index in [0.29, 0.717) is 16.9 Å². The van der Waals surface area contributed by atoms with Crippen molar-refractivity contribution < 1.29 is 47.2 Å². The number of halogens is 3. The molecule has 12 heteroatoms. The normalized spacial score (nSPS) is 12.5. The van der Waals surface area contributed by atoms with E-state index >= 15 is 0 Å². The maximum Gasteiger partial charge on any atom is 0.416 e. The second-order valence-electron chi connectivity index (χ2n) is 10.8. The van der Waals surface area contributed by atoms with Gasteiger partial charge in [0.15, 0.2) is 0 Å². The van der Waals surface area contributed by atoms with Crippen molar-refractivity contribution in [3.8, 4) is 11.5 Å². The number of methoxy groups -OCH3 is 1. The largest absolute Gasteiger partial charge is 0.497 e. The van der Waals surface area contributed by atoms with Crippen LogP contribution in [0.25, 0.3) is 0 Å². The first-order valence-electron chi connectivity index (χ1n) is 13.2. The van der Waals surface area contributed by atoms with E-state index in [0.717, 1.165) is 6.07 Å². The fraction of sp³-hybridized carbons (Fsp3) is 0.323. The molecule has 1 unspecified atom stereocenters. The number of ether oxygens (including phenoxy) is 2. The van der Waals surface area contributed by atoms with Gasteiger partial charge in [0.2, 0.25) is 5.91 Å². The van der Waals surface area contributed by atoms with Gasteiger partial charge in [-0.05, 0) is 73.9 Å². The fourth-order valence-electron chi connectivity index (χ4n) is 3.99. The predicted octanol–water partition coefficient (Wildman–Crippen LogP) is 5.42. The predicted molar refractivity (Wildman–Crippen MR) is 151 cm³/mol. The van der Waals surface area contributed by atoms with Crippen LogP contribution in [0.1, 0.15) is 49.3 Å². The van der Waals surface area contributed by atoms with Crippen LogP contribution in [0.3, 0.4) is 0 Å². The molecule has 3 N–H and O–H groups in total. The summed E-state index contributed by atoms with van der Waals surface area (Å²) in [6.07, 6.45) is -6.55. The monoisotopic (exact) mass is 602 g/mol. The molecule has 0 aromatic heterocycles. The average molecular weight is 603 g/mol. The van der Waals surface area contributed by atoms with Crippen molar-refractivity contribution in [2.75, 3.05) is 19.0 Å². The van der Waals surface area contributed by atoms with E-state index in [1.807, 2.05) is 0 Å². The number of nitrogens with one attached hydrogen (secondary N) is 1. The third-order valence-corrected chi connectivity index (χ3v) is 6.28. The van der Waals surface area contributed by atoms with Crippen LogP contribution in [-0.4, -0.2) is 46.6 Å². The molecule has 0 saturated heterocycles. The summed E-state index contributed by atoms with van der Waals surface area (Å²) in [6.45, 7) is 4.73. The number of hydrogen-bond donors (Lipinski definition) is 3. The first-order valence-corrected chi connectivity index (χ1v) is 13.2. The van der Waals surface area contributed by atoms with E-state index < -0.39 is 54.2 Å². The van der Waals surface area contributed by atoms with E-state index in [2.05, 4.69) is 5.32 Å². The van der Waals surface area contributed by atoms with Crippen LogP contribution in [0.15, 0.2) is 66.7 Å². The van der Waals surface area contributed by atoms with E-state index in [4.69, 9.17) is 9.47 Å². The lowest BCUT2D eigenvalue weighted by atomic mass is 9.97. The number of rotatable bonds is 11. The van der Waals surface area contributed by atoms with Crippen LogP contribution in [0.5, 0.6) is 11.5 Å². The van der Waals surface area contributed by atoms with Crippen LogP contribution < -0.4 is 14.8 Å². The van der Waals surface area contributed by atoms with Crippen LogP contribution in [0.4, 0.5) is 18.9 Å². The number of hydrogen-bond acceptors (Lipinski definition) is 7. The average Bonchev–Trinajstić information content (AvgIpc) is 2.92. The van der Waals surface area contributed by atoms with Gasteiger partial charge < -0.3 is 25.0 Å². The van der Waals surface area contributed by atoms with Gasteiger partial charge in [0, 0.05) is 12.2 Å². The number of benzene rings is 3. The minimum absolute atomic E-state index is 0.0150. The summed E-state index contributed by atoms with van der Waals surface area (Å²) in [6, 6.07) is 15.7. The molecule has 0 saturated carbocycles. The zero-order chi connectivity index (χ0) is 31.9. The highest BCUT2D eigenvalue weighted by molar-refractivity contribution is 5.92. The first kappa shape index (κ1) is 33.1. The van der Waals surface area contributed by atoms with Gasteiger partial charge in [-0.2, -0.15) is 13.2 Å². The van der Waals surface area contributed by atoms with Crippen LogP contribution >= 0.6 is 0 Å². The molecule has 43 heavy (non-hydrogen) atoms. The zero-order valence-corrected chi connectivity index (χ0v) is 24.1. The van der Waals surface area contributed by atoms with Gasteiger partial charge in [0.1, 0.15) is 17.7 Å². The smallest absolute Gasteiger partial charge is 0.416 e. The Morgan fingerprint density at radius 1 is 0.930 bits per heavy atom. The van der Waals surface area contributed by atoms with Gasteiger partial charge in [-0.1, -0.05) is 30.3 Å². The molecule has 0 heterocycles. The van der Waals surface area contributed by atoms with Gasteiger partial charge in [-0.15, -0.1) is 0 Å². The molecule has 3 aromatic carbocycles. The maximum atomic E-state index is 13.5. The van der Waals surface area contributed by atoms with Crippen molar-refractivity contribution in [3.05, 3.63) is 89.0 Å². The third kappa shape index (κ3) is 9.55. The van der Waals surface area contributed by atoms with Gasteiger partial charge in [0.25, 0.3) is 0 Å². The minimum atomic E-state index is -4.68. The number of amides is 1. The van der Waals surface area contributed by atoms with Crippen molar-refractivity contribution >= 4 is 23.5 Å². The summed E-state index contributed by atoms with van der Waals surface area (Å²) < 4.78 is 50.6. The molecule has 0 aliphatic heterocycles. The Balaban J connectivity index is 1.68. The molecular weight excluding hydrogens is 569 g/mol. The minimum Gasteiger partial charge on any atom is -0.497 e. The zero-order valence-electron chi connectivity index (χ0n) is 24.1. The number of nitrogens with zero attached hydrogens (tertiary/aromatic N) is 1. The molecule has 0 radical (unpaired) electrons. The van der Waals surface area contributed by atoms with Crippen molar-refractivity contribution in [2.45, 2.75) is 46.1 Å². The van der Waals surface area contributed by atoms with E-state index in [1.54, 1.807) is 45.0 Å². The molecule has 0 bridgehead atoms. The highest BCUT2D eigenvalue weighted by Gasteiger charge is 2.34. The Labute approximate surface area is 246 Å². The third-order valence-electron chi connectivity index (χ3n) is 6.28. The number of carbonyl (C=O) groups is 3.